The highest BCUT2D eigenvalue weighted by Crippen LogP contribution is 2.41. The van der Waals surface area contributed by atoms with Crippen LogP contribution >= 0.6 is 0 Å². The van der Waals surface area contributed by atoms with Gasteiger partial charge in [-0.2, -0.15) is 0 Å². The molecule has 2 aromatic rings. The zero-order valence-corrected chi connectivity index (χ0v) is 15.4. The second kappa shape index (κ2) is 7.20. The number of methoxy groups -OCH3 is 1. The molecule has 0 aromatic heterocycles. The van der Waals surface area contributed by atoms with E-state index in [4.69, 9.17) is 4.74 Å². The van der Waals surface area contributed by atoms with Gasteiger partial charge in [0.25, 0.3) is 0 Å². The minimum atomic E-state index is -0.353. The zero-order chi connectivity index (χ0) is 18.7. The van der Waals surface area contributed by atoms with Gasteiger partial charge in [0.05, 0.1) is 13.0 Å². The molecule has 0 unspecified atom stereocenters. The van der Waals surface area contributed by atoms with Gasteiger partial charge >= 0.3 is 0 Å². The summed E-state index contributed by atoms with van der Waals surface area (Å²) in [5.74, 6) is 0.245. The van der Waals surface area contributed by atoms with E-state index in [-0.39, 0.29) is 29.6 Å². The maximum atomic E-state index is 13.0. The molecule has 0 saturated carbocycles. The average molecular weight is 352 g/mol. The number of anilines is 2. The van der Waals surface area contributed by atoms with Gasteiger partial charge in [0.15, 0.2) is 0 Å². The van der Waals surface area contributed by atoms with Crippen molar-refractivity contribution >= 4 is 23.2 Å². The SMILES string of the molecule is COc1ccc(N2CC(C)(C)[C@H](CC(=O)Nc3ccccc3)C2=O)cc1. The Kier molecular flexibility index (Phi) is 4.98. The van der Waals surface area contributed by atoms with E-state index in [2.05, 4.69) is 5.32 Å². The van der Waals surface area contributed by atoms with E-state index in [0.717, 1.165) is 17.1 Å². The van der Waals surface area contributed by atoms with Crippen LogP contribution in [0.4, 0.5) is 11.4 Å². The molecule has 1 fully saturated rings. The summed E-state index contributed by atoms with van der Waals surface area (Å²) < 4.78 is 5.17. The molecule has 1 heterocycles. The van der Waals surface area contributed by atoms with Crippen molar-refractivity contribution < 1.29 is 14.3 Å². The number of para-hydroxylation sites is 1. The Morgan fingerprint density at radius 3 is 2.42 bits per heavy atom. The summed E-state index contributed by atoms with van der Waals surface area (Å²) in [5, 5.41) is 2.87. The summed E-state index contributed by atoms with van der Waals surface area (Å²) in [6.07, 6.45) is 0.174. The second-order valence-electron chi connectivity index (χ2n) is 7.28. The Morgan fingerprint density at radius 1 is 1.15 bits per heavy atom. The number of ether oxygens (including phenoxy) is 1. The molecule has 1 saturated heterocycles. The smallest absolute Gasteiger partial charge is 0.231 e. The third-order valence-electron chi connectivity index (χ3n) is 4.90. The van der Waals surface area contributed by atoms with Crippen LogP contribution in [0, 0.1) is 11.3 Å². The standard InChI is InChI=1S/C21H24N2O3/c1-21(2)14-23(16-9-11-17(26-3)12-10-16)20(25)18(21)13-19(24)22-15-7-5-4-6-8-15/h4-12,18H,13-14H2,1-3H3,(H,22,24)/t18-/m1/s1. The molecule has 2 aromatic carbocycles. The van der Waals surface area contributed by atoms with Crippen LogP contribution in [0.1, 0.15) is 20.3 Å². The van der Waals surface area contributed by atoms with Gasteiger partial charge in [-0.1, -0.05) is 32.0 Å². The number of hydrogen-bond acceptors (Lipinski definition) is 3. The molecule has 1 N–H and O–H groups in total. The van der Waals surface area contributed by atoms with Crippen LogP contribution in [0.15, 0.2) is 54.6 Å². The average Bonchev–Trinajstić information content (AvgIpc) is 2.86. The van der Waals surface area contributed by atoms with E-state index in [1.165, 1.54) is 0 Å². The van der Waals surface area contributed by atoms with Crippen molar-refractivity contribution in [3.8, 4) is 5.75 Å². The van der Waals surface area contributed by atoms with Gasteiger partial charge in [0.2, 0.25) is 11.8 Å². The molecule has 0 bridgehead atoms. The number of rotatable bonds is 5. The lowest BCUT2D eigenvalue weighted by atomic mass is 9.79. The van der Waals surface area contributed by atoms with E-state index >= 15 is 0 Å². The molecule has 1 atom stereocenters. The van der Waals surface area contributed by atoms with Crippen molar-refractivity contribution in [1.29, 1.82) is 0 Å². The number of benzene rings is 2. The molecule has 5 heteroatoms. The van der Waals surface area contributed by atoms with Crippen molar-refractivity contribution in [3.05, 3.63) is 54.6 Å². The van der Waals surface area contributed by atoms with E-state index < -0.39 is 0 Å². The number of nitrogens with zero attached hydrogens (tertiary/aromatic N) is 1. The van der Waals surface area contributed by atoms with Gasteiger partial charge in [-0.05, 0) is 41.8 Å². The molecular formula is C21H24N2O3. The fraction of sp³-hybridized carbons (Fsp3) is 0.333. The first-order valence-corrected chi connectivity index (χ1v) is 8.71. The largest absolute Gasteiger partial charge is 0.497 e. The fourth-order valence-electron chi connectivity index (χ4n) is 3.38. The highest BCUT2D eigenvalue weighted by molar-refractivity contribution is 6.02. The minimum absolute atomic E-state index is 0.0108. The highest BCUT2D eigenvalue weighted by atomic mass is 16.5. The maximum Gasteiger partial charge on any atom is 0.231 e. The summed E-state index contributed by atoms with van der Waals surface area (Å²) in [5.41, 5.74) is 1.29. The molecule has 0 spiro atoms. The predicted octanol–water partition coefficient (Wildman–Crippen LogP) is 3.71. The molecule has 0 radical (unpaired) electrons. The van der Waals surface area contributed by atoms with Gasteiger partial charge in [0.1, 0.15) is 5.75 Å². The van der Waals surface area contributed by atoms with Crippen molar-refractivity contribution in [2.75, 3.05) is 23.9 Å². The van der Waals surface area contributed by atoms with E-state index in [1.807, 2.05) is 68.4 Å². The van der Waals surface area contributed by atoms with Crippen LogP contribution in [-0.2, 0) is 9.59 Å². The number of amides is 2. The summed E-state index contributed by atoms with van der Waals surface area (Å²) in [6.45, 7) is 4.66. The minimum Gasteiger partial charge on any atom is -0.497 e. The van der Waals surface area contributed by atoms with Gasteiger partial charge in [-0.25, -0.2) is 0 Å². The van der Waals surface area contributed by atoms with Crippen LogP contribution in [0.2, 0.25) is 0 Å². The number of nitrogens with one attached hydrogen (secondary N) is 1. The molecule has 0 aliphatic carbocycles. The summed E-state index contributed by atoms with van der Waals surface area (Å²) in [4.78, 5) is 27.2. The molecular weight excluding hydrogens is 328 g/mol. The maximum absolute atomic E-state index is 13.0. The molecule has 2 amide bonds. The monoisotopic (exact) mass is 352 g/mol. The third-order valence-corrected chi connectivity index (χ3v) is 4.90. The topological polar surface area (TPSA) is 58.6 Å². The second-order valence-corrected chi connectivity index (χ2v) is 7.28. The van der Waals surface area contributed by atoms with Gasteiger partial charge < -0.3 is 15.0 Å². The highest BCUT2D eigenvalue weighted by Gasteiger charge is 2.47. The van der Waals surface area contributed by atoms with Crippen molar-refractivity contribution in [3.63, 3.8) is 0 Å². The van der Waals surface area contributed by atoms with Crippen molar-refractivity contribution in [2.24, 2.45) is 11.3 Å². The van der Waals surface area contributed by atoms with Crippen LogP contribution in [-0.4, -0.2) is 25.5 Å². The molecule has 26 heavy (non-hydrogen) atoms. The Balaban J connectivity index is 1.72. The van der Waals surface area contributed by atoms with Gasteiger partial charge in [-0.15, -0.1) is 0 Å². The number of hydrogen-bond donors (Lipinski definition) is 1. The normalized spacial score (nSPS) is 18.7. The summed E-state index contributed by atoms with van der Waals surface area (Å²) >= 11 is 0. The van der Waals surface area contributed by atoms with Crippen LogP contribution in [0.25, 0.3) is 0 Å². The Morgan fingerprint density at radius 2 is 1.81 bits per heavy atom. The van der Waals surface area contributed by atoms with Crippen molar-refractivity contribution in [2.45, 2.75) is 20.3 Å². The fourth-order valence-corrected chi connectivity index (χ4v) is 3.38. The number of carbonyl (C=O) groups is 2. The first kappa shape index (κ1) is 18.0. The van der Waals surface area contributed by atoms with Crippen LogP contribution in [0.5, 0.6) is 5.75 Å². The van der Waals surface area contributed by atoms with Gasteiger partial charge in [-0.3, -0.25) is 9.59 Å². The summed E-state index contributed by atoms with van der Waals surface area (Å²) in [6, 6.07) is 16.7. The third kappa shape index (κ3) is 3.72. The molecule has 5 nitrogen and oxygen atoms in total. The zero-order valence-electron chi connectivity index (χ0n) is 15.4. The van der Waals surface area contributed by atoms with Crippen molar-refractivity contribution in [1.82, 2.24) is 0 Å². The molecule has 1 aliphatic rings. The lowest BCUT2D eigenvalue weighted by Crippen LogP contribution is -2.30. The first-order valence-electron chi connectivity index (χ1n) is 8.71. The van der Waals surface area contributed by atoms with E-state index in [9.17, 15) is 9.59 Å². The van der Waals surface area contributed by atoms with E-state index in [1.54, 1.807) is 12.0 Å². The quantitative estimate of drug-likeness (QED) is 0.892. The molecule has 1 aliphatic heterocycles. The summed E-state index contributed by atoms with van der Waals surface area (Å²) in [7, 11) is 1.61. The van der Waals surface area contributed by atoms with Crippen LogP contribution < -0.4 is 15.0 Å². The lowest BCUT2D eigenvalue weighted by molar-refractivity contribution is -0.126. The van der Waals surface area contributed by atoms with E-state index in [0.29, 0.717) is 6.54 Å². The molecule has 3 rings (SSSR count). The first-order chi connectivity index (χ1) is 12.4. The lowest BCUT2D eigenvalue weighted by Gasteiger charge is -2.23. The predicted molar refractivity (Wildman–Crippen MR) is 102 cm³/mol. The Hall–Kier alpha value is -2.82. The van der Waals surface area contributed by atoms with Gasteiger partial charge in [0, 0.05) is 24.3 Å². The van der Waals surface area contributed by atoms with Crippen LogP contribution in [0.3, 0.4) is 0 Å². The Labute approximate surface area is 154 Å². The molecule has 136 valence electrons. The Bertz CT molecular complexity index is 785. The number of carbonyl (C=O) groups excluding carboxylic acids is 2.